The van der Waals surface area contributed by atoms with E-state index < -0.39 is 55.6 Å². The van der Waals surface area contributed by atoms with Gasteiger partial charge in [0.2, 0.25) is 6.29 Å². The molecule has 1 aromatic carbocycles. The van der Waals surface area contributed by atoms with Crippen molar-refractivity contribution in [2.75, 3.05) is 20.3 Å². The van der Waals surface area contributed by atoms with Crippen LogP contribution in [0.15, 0.2) is 36.6 Å². The lowest BCUT2D eigenvalue weighted by molar-refractivity contribution is -0.339. The number of aromatic hydroxyl groups is 1. The van der Waals surface area contributed by atoms with Crippen LogP contribution in [0.25, 0.3) is 0 Å². The van der Waals surface area contributed by atoms with Crippen LogP contribution in [0.1, 0.15) is 23.6 Å². The molecule has 4 heterocycles. The molecule has 0 spiro atoms. The van der Waals surface area contributed by atoms with Crippen molar-refractivity contribution in [2.45, 2.75) is 55.9 Å². The summed E-state index contributed by atoms with van der Waals surface area (Å²) in [5, 5.41) is 50.9. The van der Waals surface area contributed by atoms with E-state index in [1.54, 1.807) is 17.0 Å². The van der Waals surface area contributed by atoms with Crippen molar-refractivity contribution in [3.8, 4) is 11.5 Å². The Morgan fingerprint density at radius 3 is 2.67 bits per heavy atom. The summed E-state index contributed by atoms with van der Waals surface area (Å²) in [6.45, 7) is 3.80. The Hall–Kier alpha value is -2.67. The van der Waals surface area contributed by atoms with Crippen molar-refractivity contribution >= 4 is 5.91 Å². The van der Waals surface area contributed by atoms with E-state index >= 15 is 0 Å². The third-order valence-electron chi connectivity index (χ3n) is 7.70. The van der Waals surface area contributed by atoms with Gasteiger partial charge in [0.15, 0.2) is 17.8 Å². The van der Waals surface area contributed by atoms with Gasteiger partial charge in [-0.05, 0) is 24.5 Å². The van der Waals surface area contributed by atoms with E-state index in [4.69, 9.17) is 18.9 Å². The largest absolute Gasteiger partial charge is 0.504 e. The molecule has 1 amide bonds. The first-order valence-electron chi connectivity index (χ1n) is 11.9. The molecule has 36 heavy (non-hydrogen) atoms. The molecule has 4 aliphatic heterocycles. The number of benzene rings is 1. The van der Waals surface area contributed by atoms with Gasteiger partial charge in [0, 0.05) is 23.9 Å². The predicted molar refractivity (Wildman–Crippen MR) is 122 cm³/mol. The van der Waals surface area contributed by atoms with Gasteiger partial charge in [-0.3, -0.25) is 4.79 Å². The molecule has 0 bridgehead atoms. The molecule has 5 rings (SSSR count). The zero-order chi connectivity index (χ0) is 25.7. The molecule has 4 aliphatic rings. The molecule has 0 aliphatic carbocycles. The predicted octanol–water partition coefficient (Wildman–Crippen LogP) is -0.295. The number of amides is 1. The number of piperidine rings is 1. The minimum Gasteiger partial charge on any atom is -0.504 e. The molecule has 9 atom stereocenters. The number of rotatable bonds is 5. The fourth-order valence-electron chi connectivity index (χ4n) is 5.75. The number of phenols is 1. The summed E-state index contributed by atoms with van der Waals surface area (Å²) in [6.07, 6.45) is -4.27. The maximum Gasteiger partial charge on any atom is 0.253 e. The van der Waals surface area contributed by atoms with Gasteiger partial charge in [-0.25, -0.2) is 0 Å². The number of hydrogen-bond donors (Lipinski definition) is 5. The lowest BCUT2D eigenvalue weighted by Gasteiger charge is -2.48. The maximum atomic E-state index is 13.5. The topological polar surface area (TPSA) is 158 Å². The number of phenolic OH excluding ortho intramolecular Hbond substituents is 1. The van der Waals surface area contributed by atoms with Crippen LogP contribution in [0.2, 0.25) is 0 Å². The molecule has 0 aromatic heterocycles. The minimum absolute atomic E-state index is 0.0151. The van der Waals surface area contributed by atoms with Crippen molar-refractivity contribution < 1.29 is 49.3 Å². The molecule has 196 valence electrons. The Bertz CT molecular complexity index is 1060. The summed E-state index contributed by atoms with van der Waals surface area (Å²) in [7, 11) is 1.47. The standard InChI is InChI=1S/C25H31NO10/c1-3-12-13-8-15-18-11(4-5-16(33-2)19(18)28)6-7-26(15)23(32)14(13)10-34-24(12)36-25-22(31)21(30)20(29)17(9-27)35-25/h3-5,10,12-13,15,17,20-22,24-25,27-31H,1,6-9H2,2H3. The summed E-state index contributed by atoms with van der Waals surface area (Å²) >= 11 is 0. The average Bonchev–Trinajstić information content (AvgIpc) is 2.88. The molecular weight excluding hydrogens is 474 g/mol. The van der Waals surface area contributed by atoms with E-state index in [0.29, 0.717) is 36.3 Å². The van der Waals surface area contributed by atoms with Crippen molar-refractivity contribution in [3.05, 3.63) is 47.7 Å². The average molecular weight is 506 g/mol. The monoisotopic (exact) mass is 505 g/mol. The number of fused-ring (bicyclic) bond motifs is 4. The van der Waals surface area contributed by atoms with Gasteiger partial charge < -0.3 is 49.4 Å². The van der Waals surface area contributed by atoms with Gasteiger partial charge in [-0.1, -0.05) is 12.1 Å². The van der Waals surface area contributed by atoms with Crippen LogP contribution in [0.3, 0.4) is 0 Å². The van der Waals surface area contributed by atoms with Crippen LogP contribution in [-0.2, 0) is 25.4 Å². The Morgan fingerprint density at radius 1 is 1.19 bits per heavy atom. The zero-order valence-electron chi connectivity index (χ0n) is 19.8. The van der Waals surface area contributed by atoms with E-state index in [9.17, 15) is 30.3 Å². The fraction of sp³-hybridized carbons (Fsp3) is 0.560. The van der Waals surface area contributed by atoms with Gasteiger partial charge >= 0.3 is 0 Å². The second-order valence-electron chi connectivity index (χ2n) is 9.52. The summed E-state index contributed by atoms with van der Waals surface area (Å²) in [4.78, 5) is 15.2. The fourth-order valence-corrected chi connectivity index (χ4v) is 5.75. The lowest BCUT2D eigenvalue weighted by Crippen LogP contribution is -2.60. The van der Waals surface area contributed by atoms with Crippen molar-refractivity contribution in [2.24, 2.45) is 11.8 Å². The van der Waals surface area contributed by atoms with Gasteiger partial charge in [0.05, 0.1) is 31.6 Å². The number of carbonyl (C=O) groups excluding carboxylic acids is 1. The Labute approximate surface area is 207 Å². The zero-order valence-corrected chi connectivity index (χ0v) is 19.8. The van der Waals surface area contributed by atoms with Crippen molar-refractivity contribution in [1.29, 1.82) is 0 Å². The van der Waals surface area contributed by atoms with Gasteiger partial charge in [0.25, 0.3) is 5.91 Å². The second kappa shape index (κ2) is 9.66. The van der Waals surface area contributed by atoms with Gasteiger partial charge in [-0.2, -0.15) is 0 Å². The molecule has 11 nitrogen and oxygen atoms in total. The number of hydrogen-bond acceptors (Lipinski definition) is 10. The highest BCUT2D eigenvalue weighted by Crippen LogP contribution is 2.51. The molecule has 2 saturated heterocycles. The highest BCUT2D eigenvalue weighted by Gasteiger charge is 2.51. The molecule has 1 aromatic rings. The summed E-state index contributed by atoms with van der Waals surface area (Å²) in [5.41, 5.74) is 2.07. The quantitative estimate of drug-likeness (QED) is 0.337. The number of carbonyl (C=O) groups is 1. The highest BCUT2D eigenvalue weighted by atomic mass is 16.8. The number of methoxy groups -OCH3 is 1. The molecule has 5 N–H and O–H groups in total. The molecule has 2 fully saturated rings. The number of aliphatic hydroxyl groups excluding tert-OH is 4. The summed E-state index contributed by atoms with van der Waals surface area (Å²) in [6, 6.07) is 3.22. The van der Waals surface area contributed by atoms with Crippen LogP contribution < -0.4 is 4.74 Å². The molecule has 11 heteroatoms. The first-order valence-corrected chi connectivity index (χ1v) is 11.9. The lowest BCUT2D eigenvalue weighted by atomic mass is 9.73. The SMILES string of the molecule is C=CC1C(OC2OC(CO)C(O)C(O)C2O)OC=C2C(=O)N3CCc4ccc(OC)c(O)c4C3CC21. The molecular formula is C25H31NO10. The third kappa shape index (κ3) is 3.87. The van der Waals surface area contributed by atoms with Gasteiger partial charge in [0.1, 0.15) is 24.4 Å². The van der Waals surface area contributed by atoms with E-state index in [1.165, 1.54) is 13.4 Å². The number of nitrogens with zero attached hydrogens (tertiary/aromatic N) is 1. The smallest absolute Gasteiger partial charge is 0.253 e. The van der Waals surface area contributed by atoms with Crippen LogP contribution >= 0.6 is 0 Å². The van der Waals surface area contributed by atoms with E-state index in [-0.39, 0.29) is 17.6 Å². The maximum absolute atomic E-state index is 13.5. The van der Waals surface area contributed by atoms with Crippen LogP contribution in [0.4, 0.5) is 0 Å². The van der Waals surface area contributed by atoms with E-state index in [1.807, 2.05) is 6.07 Å². The second-order valence-corrected chi connectivity index (χ2v) is 9.52. The van der Waals surface area contributed by atoms with Gasteiger partial charge in [-0.15, -0.1) is 6.58 Å². The molecule has 9 unspecified atom stereocenters. The Balaban J connectivity index is 1.43. The minimum atomic E-state index is -1.60. The normalized spacial score (nSPS) is 37.7. The third-order valence-corrected chi connectivity index (χ3v) is 7.70. The van der Waals surface area contributed by atoms with Crippen molar-refractivity contribution in [3.63, 3.8) is 0 Å². The van der Waals surface area contributed by atoms with E-state index in [2.05, 4.69) is 6.58 Å². The Kier molecular flexibility index (Phi) is 6.70. The molecule has 0 radical (unpaired) electrons. The number of ether oxygens (including phenoxy) is 4. The van der Waals surface area contributed by atoms with Crippen LogP contribution in [0, 0.1) is 11.8 Å². The van der Waals surface area contributed by atoms with Crippen LogP contribution in [-0.4, -0.2) is 93.6 Å². The Morgan fingerprint density at radius 2 is 1.97 bits per heavy atom. The highest BCUT2D eigenvalue weighted by molar-refractivity contribution is 5.95. The summed E-state index contributed by atoms with van der Waals surface area (Å²) < 4.78 is 22.4. The van der Waals surface area contributed by atoms with Crippen molar-refractivity contribution in [1.82, 2.24) is 4.90 Å². The first-order chi connectivity index (χ1) is 17.3. The van der Waals surface area contributed by atoms with E-state index in [0.717, 1.165) is 5.56 Å². The first kappa shape index (κ1) is 25.0. The molecule has 0 saturated carbocycles. The van der Waals surface area contributed by atoms with Crippen LogP contribution in [0.5, 0.6) is 11.5 Å². The summed E-state index contributed by atoms with van der Waals surface area (Å²) in [5.74, 6) is -0.776. The number of aliphatic hydroxyl groups is 4.